The summed E-state index contributed by atoms with van der Waals surface area (Å²) in [6.07, 6.45) is 9.13. The van der Waals surface area contributed by atoms with Crippen molar-refractivity contribution < 1.29 is 9.47 Å². The highest BCUT2D eigenvalue weighted by molar-refractivity contribution is 5.03. The molecule has 2 rings (SSSR count). The van der Waals surface area contributed by atoms with Crippen molar-refractivity contribution in [1.29, 1.82) is 0 Å². The fourth-order valence-electron chi connectivity index (χ4n) is 2.72. The van der Waals surface area contributed by atoms with E-state index in [2.05, 4.69) is 26.5 Å². The number of ether oxygens (including phenoxy) is 2. The minimum atomic E-state index is -0.0139. The predicted molar refractivity (Wildman–Crippen MR) is 69.7 cm³/mol. The molecule has 0 bridgehead atoms. The summed E-state index contributed by atoms with van der Waals surface area (Å²) in [4.78, 5) is 0. The second-order valence-electron chi connectivity index (χ2n) is 5.47. The van der Waals surface area contributed by atoms with Gasteiger partial charge in [0.15, 0.2) is 6.29 Å². The maximum absolute atomic E-state index is 5.74. The SMILES string of the molecule is C=CC1COC(CC(C)C2CC=C(C)CC2)O1. The summed E-state index contributed by atoms with van der Waals surface area (Å²) in [5.41, 5.74) is 1.55. The highest BCUT2D eigenvalue weighted by Gasteiger charge is 2.28. The Morgan fingerprint density at radius 1 is 1.59 bits per heavy atom. The molecule has 0 amide bonds. The first-order valence-electron chi connectivity index (χ1n) is 6.74. The minimum absolute atomic E-state index is 0.0139. The van der Waals surface area contributed by atoms with Gasteiger partial charge in [-0.15, -0.1) is 6.58 Å². The van der Waals surface area contributed by atoms with Gasteiger partial charge in [0.2, 0.25) is 0 Å². The van der Waals surface area contributed by atoms with Gasteiger partial charge in [-0.05, 0) is 38.0 Å². The largest absolute Gasteiger partial charge is 0.350 e. The molecule has 2 heteroatoms. The molecule has 0 aromatic rings. The quantitative estimate of drug-likeness (QED) is 0.693. The van der Waals surface area contributed by atoms with E-state index in [1.54, 1.807) is 5.57 Å². The number of hydrogen-bond acceptors (Lipinski definition) is 2. The Kier molecular flexibility index (Phi) is 4.41. The van der Waals surface area contributed by atoms with Crippen LogP contribution >= 0.6 is 0 Å². The number of allylic oxidation sites excluding steroid dienone is 2. The van der Waals surface area contributed by atoms with Crippen molar-refractivity contribution in [3.05, 3.63) is 24.3 Å². The van der Waals surface area contributed by atoms with Crippen LogP contribution in [0.5, 0.6) is 0 Å². The third kappa shape index (κ3) is 3.43. The van der Waals surface area contributed by atoms with Crippen LogP contribution in [0.25, 0.3) is 0 Å². The van der Waals surface area contributed by atoms with Gasteiger partial charge in [-0.1, -0.05) is 24.6 Å². The van der Waals surface area contributed by atoms with E-state index >= 15 is 0 Å². The van der Waals surface area contributed by atoms with E-state index in [9.17, 15) is 0 Å². The zero-order valence-corrected chi connectivity index (χ0v) is 11.0. The topological polar surface area (TPSA) is 18.5 Å². The van der Waals surface area contributed by atoms with Gasteiger partial charge in [0, 0.05) is 6.42 Å². The van der Waals surface area contributed by atoms with Gasteiger partial charge in [0.1, 0.15) is 6.10 Å². The zero-order valence-electron chi connectivity index (χ0n) is 11.0. The van der Waals surface area contributed by atoms with Gasteiger partial charge in [-0.2, -0.15) is 0 Å². The van der Waals surface area contributed by atoms with E-state index in [-0.39, 0.29) is 12.4 Å². The van der Waals surface area contributed by atoms with Crippen LogP contribution in [0.2, 0.25) is 0 Å². The summed E-state index contributed by atoms with van der Waals surface area (Å²) in [7, 11) is 0. The van der Waals surface area contributed by atoms with Crippen molar-refractivity contribution in [1.82, 2.24) is 0 Å². The molecule has 4 unspecified atom stereocenters. The van der Waals surface area contributed by atoms with E-state index in [4.69, 9.17) is 9.47 Å². The van der Waals surface area contributed by atoms with Gasteiger partial charge in [0.05, 0.1) is 6.61 Å². The van der Waals surface area contributed by atoms with Crippen LogP contribution in [0.3, 0.4) is 0 Å². The lowest BCUT2D eigenvalue weighted by Gasteiger charge is -2.27. The van der Waals surface area contributed by atoms with E-state index in [1.165, 1.54) is 19.3 Å². The Hall–Kier alpha value is -0.600. The monoisotopic (exact) mass is 236 g/mol. The number of hydrogen-bond donors (Lipinski definition) is 0. The normalized spacial score (nSPS) is 35.4. The van der Waals surface area contributed by atoms with Crippen molar-refractivity contribution in [3.8, 4) is 0 Å². The Balaban J connectivity index is 1.77. The van der Waals surface area contributed by atoms with Gasteiger partial charge < -0.3 is 9.47 Å². The van der Waals surface area contributed by atoms with Crippen LogP contribution in [0.1, 0.15) is 39.5 Å². The molecule has 0 saturated carbocycles. The second-order valence-corrected chi connectivity index (χ2v) is 5.47. The maximum atomic E-state index is 5.74. The standard InChI is InChI=1S/C15H24O2/c1-4-14-10-16-15(17-14)9-12(3)13-7-5-11(2)6-8-13/h4-5,12-15H,1,6-10H2,2-3H3. The molecule has 1 aliphatic heterocycles. The molecular formula is C15H24O2. The Bertz CT molecular complexity index is 295. The number of rotatable bonds is 4. The molecule has 0 spiro atoms. The first-order valence-corrected chi connectivity index (χ1v) is 6.74. The Morgan fingerprint density at radius 3 is 3.00 bits per heavy atom. The summed E-state index contributed by atoms with van der Waals surface area (Å²) >= 11 is 0. The van der Waals surface area contributed by atoms with Gasteiger partial charge in [0.25, 0.3) is 0 Å². The van der Waals surface area contributed by atoms with Crippen LogP contribution in [0.15, 0.2) is 24.3 Å². The molecule has 4 atom stereocenters. The van der Waals surface area contributed by atoms with E-state index in [1.807, 2.05) is 6.08 Å². The molecule has 1 fully saturated rings. The van der Waals surface area contributed by atoms with Crippen LogP contribution < -0.4 is 0 Å². The molecule has 96 valence electrons. The lowest BCUT2D eigenvalue weighted by molar-refractivity contribution is -0.0686. The van der Waals surface area contributed by atoms with Crippen molar-refractivity contribution in [3.63, 3.8) is 0 Å². The summed E-state index contributed by atoms with van der Waals surface area (Å²) in [5, 5.41) is 0. The van der Waals surface area contributed by atoms with E-state index in [0.29, 0.717) is 12.5 Å². The third-order valence-corrected chi connectivity index (χ3v) is 4.08. The van der Waals surface area contributed by atoms with Crippen molar-refractivity contribution in [2.75, 3.05) is 6.61 Å². The molecule has 17 heavy (non-hydrogen) atoms. The summed E-state index contributed by atoms with van der Waals surface area (Å²) in [5.74, 6) is 1.47. The molecule has 2 nitrogen and oxygen atoms in total. The molecule has 0 N–H and O–H groups in total. The van der Waals surface area contributed by atoms with Crippen LogP contribution in [0.4, 0.5) is 0 Å². The van der Waals surface area contributed by atoms with Crippen molar-refractivity contribution in [2.24, 2.45) is 11.8 Å². The molecular weight excluding hydrogens is 212 g/mol. The Labute approximate surface area is 105 Å². The summed E-state index contributed by atoms with van der Waals surface area (Å²) < 4.78 is 11.4. The van der Waals surface area contributed by atoms with Crippen molar-refractivity contribution >= 4 is 0 Å². The lowest BCUT2D eigenvalue weighted by atomic mass is 9.80. The van der Waals surface area contributed by atoms with Crippen LogP contribution in [-0.4, -0.2) is 19.0 Å². The lowest BCUT2D eigenvalue weighted by Crippen LogP contribution is -2.21. The highest BCUT2D eigenvalue weighted by Crippen LogP contribution is 2.33. The first kappa shape index (κ1) is 12.8. The zero-order chi connectivity index (χ0) is 12.3. The molecule has 1 aliphatic carbocycles. The highest BCUT2D eigenvalue weighted by atomic mass is 16.7. The predicted octanol–water partition coefficient (Wildman–Crippen LogP) is 3.69. The second kappa shape index (κ2) is 5.83. The smallest absolute Gasteiger partial charge is 0.158 e. The first-order chi connectivity index (χ1) is 8.19. The summed E-state index contributed by atoms with van der Waals surface area (Å²) in [6, 6.07) is 0. The van der Waals surface area contributed by atoms with Crippen LogP contribution in [-0.2, 0) is 9.47 Å². The fraction of sp³-hybridized carbons (Fsp3) is 0.733. The van der Waals surface area contributed by atoms with E-state index in [0.717, 1.165) is 12.3 Å². The van der Waals surface area contributed by atoms with Gasteiger partial charge >= 0.3 is 0 Å². The molecule has 0 aromatic carbocycles. The average molecular weight is 236 g/mol. The fourth-order valence-corrected chi connectivity index (χ4v) is 2.72. The van der Waals surface area contributed by atoms with E-state index < -0.39 is 0 Å². The van der Waals surface area contributed by atoms with Crippen molar-refractivity contribution in [2.45, 2.75) is 51.9 Å². The minimum Gasteiger partial charge on any atom is -0.350 e. The average Bonchev–Trinajstić information content (AvgIpc) is 2.77. The van der Waals surface area contributed by atoms with Gasteiger partial charge in [-0.3, -0.25) is 0 Å². The molecule has 0 aromatic heterocycles. The third-order valence-electron chi connectivity index (χ3n) is 4.08. The molecule has 1 saturated heterocycles. The Morgan fingerprint density at radius 2 is 2.41 bits per heavy atom. The summed E-state index contributed by atoms with van der Waals surface area (Å²) in [6.45, 7) is 8.97. The van der Waals surface area contributed by atoms with Gasteiger partial charge in [-0.25, -0.2) is 0 Å². The molecule has 1 heterocycles. The van der Waals surface area contributed by atoms with Crippen LogP contribution in [0, 0.1) is 11.8 Å². The maximum Gasteiger partial charge on any atom is 0.158 e. The molecule has 2 aliphatic rings. The molecule has 0 radical (unpaired) electrons.